The Morgan fingerprint density at radius 3 is 2.71 bits per heavy atom. The normalized spacial score (nSPS) is 10.8. The average Bonchev–Trinajstić information content (AvgIpc) is 3.39. The molecule has 2 heterocycles. The minimum Gasteiger partial charge on any atom is -0.322 e. The van der Waals surface area contributed by atoms with Gasteiger partial charge in [-0.3, -0.25) is 4.79 Å². The molecule has 4 aromatic rings. The van der Waals surface area contributed by atoms with Crippen LogP contribution in [0.1, 0.15) is 21.1 Å². The van der Waals surface area contributed by atoms with E-state index >= 15 is 0 Å². The number of hydrogen-bond donors (Lipinski definition) is 1. The van der Waals surface area contributed by atoms with Gasteiger partial charge in [0.25, 0.3) is 5.91 Å². The molecule has 0 unspecified atom stereocenters. The summed E-state index contributed by atoms with van der Waals surface area (Å²) in [6.45, 7) is 1.99. The van der Waals surface area contributed by atoms with Gasteiger partial charge in [0.1, 0.15) is 12.7 Å². The smallest absolute Gasteiger partial charge is 0.256 e. The van der Waals surface area contributed by atoms with Crippen LogP contribution in [0.3, 0.4) is 0 Å². The summed E-state index contributed by atoms with van der Waals surface area (Å²) in [6.07, 6.45) is 3.11. The summed E-state index contributed by atoms with van der Waals surface area (Å²) >= 11 is 3.26. The van der Waals surface area contributed by atoms with E-state index in [0.717, 1.165) is 32.7 Å². The molecular weight excluding hydrogens is 390 g/mol. The second kappa shape index (κ2) is 8.37. The number of amides is 1. The largest absolute Gasteiger partial charge is 0.322 e. The molecular formula is C20H17N5OS2. The van der Waals surface area contributed by atoms with Gasteiger partial charge in [-0.15, -0.1) is 23.1 Å². The van der Waals surface area contributed by atoms with E-state index in [0.29, 0.717) is 5.56 Å². The number of anilines is 1. The summed E-state index contributed by atoms with van der Waals surface area (Å²) in [5, 5.41) is 10.2. The topological polar surface area (TPSA) is 72.7 Å². The first kappa shape index (κ1) is 18.4. The molecule has 1 N–H and O–H groups in total. The van der Waals surface area contributed by atoms with E-state index in [2.05, 4.69) is 25.8 Å². The van der Waals surface area contributed by atoms with E-state index in [9.17, 15) is 4.79 Å². The van der Waals surface area contributed by atoms with Crippen LogP contribution in [0, 0.1) is 6.92 Å². The number of aromatic nitrogens is 4. The number of thioether (sulfide) groups is 1. The number of carbonyl (C=O) groups excluding carboxylic acids is 1. The predicted octanol–water partition coefficient (Wildman–Crippen LogP) is 4.58. The van der Waals surface area contributed by atoms with E-state index in [1.807, 2.05) is 55.5 Å². The van der Waals surface area contributed by atoms with Crippen molar-refractivity contribution in [1.82, 2.24) is 19.7 Å². The lowest BCUT2D eigenvalue weighted by Gasteiger charge is -2.10. The molecule has 2 aromatic carbocycles. The first-order valence-corrected chi connectivity index (χ1v) is 10.4. The maximum absolute atomic E-state index is 12.8. The Hall–Kier alpha value is -2.97. The van der Waals surface area contributed by atoms with E-state index < -0.39 is 0 Å². The third-order valence-electron chi connectivity index (χ3n) is 3.98. The van der Waals surface area contributed by atoms with Crippen molar-refractivity contribution in [2.24, 2.45) is 0 Å². The average molecular weight is 408 g/mol. The van der Waals surface area contributed by atoms with Gasteiger partial charge in [-0.1, -0.05) is 12.1 Å². The molecule has 0 aliphatic heterocycles. The second-order valence-corrected chi connectivity index (χ2v) is 8.06. The van der Waals surface area contributed by atoms with Crippen LogP contribution in [-0.2, 0) is 5.75 Å². The Balaban J connectivity index is 1.46. The molecule has 8 heteroatoms. The van der Waals surface area contributed by atoms with Crippen LogP contribution in [0.25, 0.3) is 5.69 Å². The minimum absolute atomic E-state index is 0.133. The SMILES string of the molecule is Cc1nc(CSc2ccccc2C(=O)Nc2ccc(-n3cncn3)cc2)cs1. The van der Waals surface area contributed by atoms with Crippen molar-refractivity contribution in [2.45, 2.75) is 17.6 Å². The zero-order chi connectivity index (χ0) is 19.3. The molecule has 0 atom stereocenters. The maximum atomic E-state index is 12.8. The Labute approximate surface area is 170 Å². The highest BCUT2D eigenvalue weighted by molar-refractivity contribution is 7.98. The van der Waals surface area contributed by atoms with E-state index in [1.165, 1.54) is 6.33 Å². The predicted molar refractivity (Wildman–Crippen MR) is 112 cm³/mol. The maximum Gasteiger partial charge on any atom is 0.256 e. The molecule has 0 bridgehead atoms. The molecule has 140 valence electrons. The summed E-state index contributed by atoms with van der Waals surface area (Å²) in [5.74, 6) is 0.604. The molecule has 0 saturated heterocycles. The molecule has 0 aliphatic carbocycles. The summed E-state index contributed by atoms with van der Waals surface area (Å²) in [5.41, 5.74) is 3.29. The van der Waals surface area contributed by atoms with Crippen LogP contribution in [0.4, 0.5) is 5.69 Å². The van der Waals surface area contributed by atoms with Crippen molar-refractivity contribution < 1.29 is 4.79 Å². The van der Waals surface area contributed by atoms with Crippen LogP contribution in [-0.4, -0.2) is 25.7 Å². The van der Waals surface area contributed by atoms with Crippen molar-refractivity contribution in [1.29, 1.82) is 0 Å². The van der Waals surface area contributed by atoms with Gasteiger partial charge in [-0.25, -0.2) is 14.6 Å². The summed E-state index contributed by atoms with van der Waals surface area (Å²) < 4.78 is 1.66. The van der Waals surface area contributed by atoms with Gasteiger partial charge in [0.2, 0.25) is 0 Å². The number of nitrogens with one attached hydrogen (secondary N) is 1. The molecule has 0 fully saturated rings. The molecule has 0 radical (unpaired) electrons. The lowest BCUT2D eigenvalue weighted by atomic mass is 10.2. The molecule has 6 nitrogen and oxygen atoms in total. The van der Waals surface area contributed by atoms with Crippen molar-refractivity contribution >= 4 is 34.7 Å². The van der Waals surface area contributed by atoms with E-state index in [-0.39, 0.29) is 5.91 Å². The molecule has 1 amide bonds. The first-order chi connectivity index (χ1) is 13.7. The molecule has 0 aliphatic rings. The number of hydrogen-bond acceptors (Lipinski definition) is 6. The Kier molecular flexibility index (Phi) is 5.50. The third-order valence-corrected chi connectivity index (χ3v) is 5.91. The highest BCUT2D eigenvalue weighted by Gasteiger charge is 2.12. The van der Waals surface area contributed by atoms with Gasteiger partial charge in [-0.2, -0.15) is 5.10 Å². The van der Waals surface area contributed by atoms with E-state index in [4.69, 9.17) is 0 Å². The van der Waals surface area contributed by atoms with Crippen LogP contribution in [0.2, 0.25) is 0 Å². The highest BCUT2D eigenvalue weighted by Crippen LogP contribution is 2.27. The molecule has 0 spiro atoms. The van der Waals surface area contributed by atoms with Crippen LogP contribution in [0.5, 0.6) is 0 Å². The fourth-order valence-electron chi connectivity index (χ4n) is 2.64. The molecule has 4 rings (SSSR count). The van der Waals surface area contributed by atoms with Gasteiger partial charge in [-0.05, 0) is 43.3 Å². The third kappa shape index (κ3) is 4.29. The summed E-state index contributed by atoms with van der Waals surface area (Å²) in [4.78, 5) is 22.2. The van der Waals surface area contributed by atoms with Crippen LogP contribution >= 0.6 is 23.1 Å². The van der Waals surface area contributed by atoms with Crippen molar-refractivity contribution in [3.8, 4) is 5.69 Å². The van der Waals surface area contributed by atoms with Gasteiger partial charge in [0.15, 0.2) is 0 Å². The Morgan fingerprint density at radius 2 is 2.00 bits per heavy atom. The number of nitrogens with zero attached hydrogens (tertiary/aromatic N) is 4. The number of carbonyl (C=O) groups is 1. The number of aryl methyl sites for hydroxylation is 1. The molecule has 28 heavy (non-hydrogen) atoms. The van der Waals surface area contributed by atoms with Crippen LogP contribution in [0.15, 0.2) is 71.5 Å². The first-order valence-electron chi connectivity index (χ1n) is 8.58. The van der Waals surface area contributed by atoms with Crippen molar-refractivity contribution in [2.75, 3.05) is 5.32 Å². The van der Waals surface area contributed by atoms with E-state index in [1.54, 1.807) is 34.1 Å². The lowest BCUT2D eigenvalue weighted by Crippen LogP contribution is -2.13. The summed E-state index contributed by atoms with van der Waals surface area (Å²) in [7, 11) is 0. The molecule has 0 saturated carbocycles. The monoisotopic (exact) mass is 407 g/mol. The fraction of sp³-hybridized carbons (Fsp3) is 0.100. The number of thiazole rings is 1. The standard InChI is InChI=1S/C20H17N5OS2/c1-14-23-16(10-27-14)11-28-19-5-3-2-4-18(19)20(26)24-15-6-8-17(9-7-15)25-13-21-12-22-25/h2-10,12-13H,11H2,1H3,(H,24,26). The lowest BCUT2D eigenvalue weighted by molar-refractivity contribution is 0.102. The van der Waals surface area contributed by atoms with Gasteiger partial charge in [0.05, 0.1) is 22.0 Å². The Morgan fingerprint density at radius 1 is 1.18 bits per heavy atom. The fourth-order valence-corrected chi connectivity index (χ4v) is 4.30. The summed E-state index contributed by atoms with van der Waals surface area (Å²) in [6, 6.07) is 15.1. The zero-order valence-electron chi connectivity index (χ0n) is 15.1. The quantitative estimate of drug-likeness (QED) is 0.474. The minimum atomic E-state index is -0.133. The zero-order valence-corrected chi connectivity index (χ0v) is 16.7. The second-order valence-electron chi connectivity index (χ2n) is 5.98. The van der Waals surface area contributed by atoms with Crippen LogP contribution < -0.4 is 5.32 Å². The van der Waals surface area contributed by atoms with Crippen molar-refractivity contribution in [3.05, 3.63) is 82.8 Å². The van der Waals surface area contributed by atoms with Gasteiger partial charge < -0.3 is 5.32 Å². The number of rotatable bonds is 6. The molecule has 2 aromatic heterocycles. The van der Waals surface area contributed by atoms with Gasteiger partial charge >= 0.3 is 0 Å². The van der Waals surface area contributed by atoms with Gasteiger partial charge in [0, 0.05) is 21.7 Å². The highest BCUT2D eigenvalue weighted by atomic mass is 32.2. The Bertz CT molecular complexity index is 1070. The van der Waals surface area contributed by atoms with Crippen molar-refractivity contribution in [3.63, 3.8) is 0 Å². The number of benzene rings is 2.